The number of rotatable bonds is 8. The first-order valence-electron chi connectivity index (χ1n) is 4.93. The number of aliphatic hydroxyl groups is 2. The molecule has 0 aromatic rings. The largest absolute Gasteiger partial charge is 0.509 e. The minimum atomic E-state index is -1.07. The molecule has 0 aromatic carbocycles. The van der Waals surface area contributed by atoms with E-state index in [4.69, 9.17) is 9.84 Å². The van der Waals surface area contributed by atoms with Crippen LogP contribution in [-0.4, -0.2) is 41.8 Å². The van der Waals surface area contributed by atoms with Crippen molar-refractivity contribution < 1.29 is 24.5 Å². The second kappa shape index (κ2) is 7.90. The van der Waals surface area contributed by atoms with Gasteiger partial charge in [0.15, 0.2) is 0 Å². The Hall–Kier alpha value is -1.33. The zero-order chi connectivity index (χ0) is 12.4. The van der Waals surface area contributed by atoms with E-state index in [1.165, 1.54) is 0 Å². The van der Waals surface area contributed by atoms with E-state index in [1.54, 1.807) is 12.2 Å². The Labute approximate surface area is 95.0 Å². The Bertz CT molecular complexity index is 227. The second-order valence-corrected chi connectivity index (χ2v) is 3.25. The first kappa shape index (κ1) is 14.7. The first-order chi connectivity index (χ1) is 7.64. The van der Waals surface area contributed by atoms with Crippen molar-refractivity contribution in [1.29, 1.82) is 0 Å². The molecule has 0 aromatic heterocycles. The van der Waals surface area contributed by atoms with Crippen LogP contribution in [0.5, 0.6) is 0 Å². The Morgan fingerprint density at radius 1 is 1.25 bits per heavy atom. The lowest BCUT2D eigenvalue weighted by atomic mass is 9.96. The number of hydrogen-bond donors (Lipinski definition) is 2. The van der Waals surface area contributed by atoms with Gasteiger partial charge in [0, 0.05) is 12.8 Å². The van der Waals surface area contributed by atoms with E-state index < -0.39 is 11.8 Å². The lowest BCUT2D eigenvalue weighted by Crippen LogP contribution is -2.38. The highest BCUT2D eigenvalue weighted by Crippen LogP contribution is 2.22. The molecule has 5 nitrogen and oxygen atoms in total. The summed E-state index contributed by atoms with van der Waals surface area (Å²) in [5.74, 6) is 0. The topological polar surface area (TPSA) is 76.0 Å². The van der Waals surface area contributed by atoms with Crippen LogP contribution in [0.4, 0.5) is 4.79 Å². The molecule has 0 aliphatic carbocycles. The third-order valence-corrected chi connectivity index (χ3v) is 1.93. The molecular formula is C11H18O5. The zero-order valence-electron chi connectivity index (χ0n) is 9.22. The van der Waals surface area contributed by atoms with Gasteiger partial charge in [-0.1, -0.05) is 12.2 Å². The van der Waals surface area contributed by atoms with Crippen molar-refractivity contribution in [2.45, 2.75) is 18.4 Å². The van der Waals surface area contributed by atoms with Crippen LogP contribution >= 0.6 is 0 Å². The fraction of sp³-hybridized carbons (Fsp3) is 0.545. The van der Waals surface area contributed by atoms with E-state index in [0.29, 0.717) is 12.8 Å². The average Bonchev–Trinajstić information content (AvgIpc) is 2.27. The Morgan fingerprint density at radius 3 is 2.19 bits per heavy atom. The smallest absolute Gasteiger partial charge is 0.432 e. The van der Waals surface area contributed by atoms with E-state index in [-0.39, 0.29) is 19.8 Å². The third-order valence-electron chi connectivity index (χ3n) is 1.93. The lowest BCUT2D eigenvalue weighted by Gasteiger charge is -2.28. The van der Waals surface area contributed by atoms with Crippen LogP contribution in [0.15, 0.2) is 25.3 Å². The standard InChI is InChI=1S/C11H18O5/c1-3-5-11(9-13,6-4-2)16-10(14)15-8-7-12/h3-4,12-13H,1-2,5-9H2. The molecule has 0 atom stereocenters. The molecule has 0 saturated heterocycles. The summed E-state index contributed by atoms with van der Waals surface area (Å²) in [6, 6.07) is 0. The van der Waals surface area contributed by atoms with Crippen LogP contribution in [0.1, 0.15) is 12.8 Å². The normalized spacial score (nSPS) is 10.6. The van der Waals surface area contributed by atoms with Gasteiger partial charge in [-0.3, -0.25) is 0 Å². The summed E-state index contributed by atoms with van der Waals surface area (Å²) in [6.07, 6.45) is 2.75. The SMILES string of the molecule is C=CCC(CO)(CC=C)OC(=O)OCCO. The predicted octanol–water partition coefficient (Wildman–Crippen LogP) is 1.02. The minimum absolute atomic E-state index is 0.136. The van der Waals surface area contributed by atoms with Crippen LogP contribution in [0, 0.1) is 0 Å². The zero-order valence-corrected chi connectivity index (χ0v) is 9.22. The van der Waals surface area contributed by atoms with Crippen LogP contribution in [0.25, 0.3) is 0 Å². The quantitative estimate of drug-likeness (QED) is 0.481. The van der Waals surface area contributed by atoms with Gasteiger partial charge >= 0.3 is 6.16 Å². The highest BCUT2D eigenvalue weighted by Gasteiger charge is 2.32. The van der Waals surface area contributed by atoms with Gasteiger partial charge in [0.2, 0.25) is 0 Å². The number of hydrogen-bond acceptors (Lipinski definition) is 5. The maximum atomic E-state index is 11.2. The van der Waals surface area contributed by atoms with Crippen molar-refractivity contribution >= 4 is 6.16 Å². The van der Waals surface area contributed by atoms with E-state index in [9.17, 15) is 9.90 Å². The minimum Gasteiger partial charge on any atom is -0.432 e. The molecule has 0 saturated carbocycles. The summed E-state index contributed by atoms with van der Waals surface area (Å²) < 4.78 is 9.56. The van der Waals surface area contributed by atoms with E-state index >= 15 is 0 Å². The average molecular weight is 230 g/mol. The molecule has 0 heterocycles. The molecule has 0 rings (SSSR count). The highest BCUT2D eigenvalue weighted by molar-refractivity contribution is 5.60. The highest BCUT2D eigenvalue weighted by atomic mass is 16.7. The fourth-order valence-corrected chi connectivity index (χ4v) is 1.19. The third kappa shape index (κ3) is 4.95. The number of carbonyl (C=O) groups excluding carboxylic acids is 1. The van der Waals surface area contributed by atoms with Crippen molar-refractivity contribution in [2.24, 2.45) is 0 Å². The maximum absolute atomic E-state index is 11.2. The van der Waals surface area contributed by atoms with Crippen molar-refractivity contribution in [3.8, 4) is 0 Å². The molecule has 0 fully saturated rings. The van der Waals surface area contributed by atoms with Crippen molar-refractivity contribution in [3.63, 3.8) is 0 Å². The Balaban J connectivity index is 4.43. The number of aliphatic hydroxyl groups excluding tert-OH is 2. The van der Waals surface area contributed by atoms with Crippen molar-refractivity contribution in [2.75, 3.05) is 19.8 Å². The fourth-order valence-electron chi connectivity index (χ4n) is 1.19. The van der Waals surface area contributed by atoms with Crippen molar-refractivity contribution in [1.82, 2.24) is 0 Å². The maximum Gasteiger partial charge on any atom is 0.509 e. The molecule has 0 unspecified atom stereocenters. The predicted molar refractivity (Wildman–Crippen MR) is 59.0 cm³/mol. The summed E-state index contributed by atoms with van der Waals surface area (Å²) in [6.45, 7) is 6.30. The van der Waals surface area contributed by atoms with Crippen LogP contribution in [0.2, 0.25) is 0 Å². The summed E-state index contributed by atoms with van der Waals surface area (Å²) in [7, 11) is 0. The molecule has 92 valence electrons. The van der Waals surface area contributed by atoms with E-state index in [1.807, 2.05) is 0 Å². The Kier molecular flexibility index (Phi) is 7.24. The molecule has 0 aliphatic heterocycles. The second-order valence-electron chi connectivity index (χ2n) is 3.25. The van der Waals surface area contributed by atoms with Gasteiger partial charge in [-0.25, -0.2) is 4.79 Å². The summed E-state index contributed by atoms with van der Waals surface area (Å²) in [4.78, 5) is 11.2. The molecule has 16 heavy (non-hydrogen) atoms. The molecular weight excluding hydrogens is 212 g/mol. The lowest BCUT2D eigenvalue weighted by molar-refractivity contribution is -0.0627. The Morgan fingerprint density at radius 2 is 1.81 bits per heavy atom. The van der Waals surface area contributed by atoms with Crippen LogP contribution in [-0.2, 0) is 9.47 Å². The van der Waals surface area contributed by atoms with Gasteiger partial charge in [0.05, 0.1) is 13.2 Å². The van der Waals surface area contributed by atoms with Gasteiger partial charge in [-0.2, -0.15) is 0 Å². The van der Waals surface area contributed by atoms with Gasteiger partial charge < -0.3 is 19.7 Å². The number of carbonyl (C=O) groups is 1. The van der Waals surface area contributed by atoms with Gasteiger partial charge in [-0.05, 0) is 0 Å². The molecule has 2 N–H and O–H groups in total. The van der Waals surface area contributed by atoms with Gasteiger partial charge in [0.1, 0.15) is 12.2 Å². The first-order valence-corrected chi connectivity index (χ1v) is 4.93. The molecule has 5 heteroatoms. The van der Waals surface area contributed by atoms with Gasteiger partial charge in [-0.15, -0.1) is 13.2 Å². The van der Waals surface area contributed by atoms with Crippen LogP contribution in [0.3, 0.4) is 0 Å². The molecule has 0 bridgehead atoms. The summed E-state index contributed by atoms with van der Waals surface area (Å²) >= 11 is 0. The van der Waals surface area contributed by atoms with E-state index in [2.05, 4.69) is 17.9 Å². The molecule has 0 amide bonds. The number of ether oxygens (including phenoxy) is 2. The van der Waals surface area contributed by atoms with E-state index in [0.717, 1.165) is 0 Å². The monoisotopic (exact) mass is 230 g/mol. The van der Waals surface area contributed by atoms with Gasteiger partial charge in [0.25, 0.3) is 0 Å². The van der Waals surface area contributed by atoms with Crippen molar-refractivity contribution in [3.05, 3.63) is 25.3 Å². The summed E-state index contributed by atoms with van der Waals surface area (Å²) in [5.41, 5.74) is -1.07. The molecule has 0 radical (unpaired) electrons. The molecule has 0 aliphatic rings. The van der Waals surface area contributed by atoms with Crippen LogP contribution < -0.4 is 0 Å². The summed E-state index contributed by atoms with van der Waals surface area (Å²) in [5, 5.41) is 17.7. The molecule has 0 spiro atoms.